The smallest absolute Gasteiger partial charge is 0.0630 e. The van der Waals surface area contributed by atoms with Crippen molar-refractivity contribution in [2.24, 2.45) is 11.5 Å². The highest BCUT2D eigenvalue weighted by atomic mass is 16.5. The molecule has 0 aromatic heterocycles. The first-order valence-corrected chi connectivity index (χ1v) is 4.90. The summed E-state index contributed by atoms with van der Waals surface area (Å²) in [7, 11) is 0. The Morgan fingerprint density at radius 3 is 2.57 bits per heavy atom. The molecule has 1 aromatic carbocycles. The zero-order valence-corrected chi connectivity index (χ0v) is 8.36. The zero-order chi connectivity index (χ0) is 10.2. The molecule has 1 aromatic rings. The van der Waals surface area contributed by atoms with E-state index in [0.29, 0.717) is 19.8 Å². The van der Waals surface area contributed by atoms with Crippen LogP contribution in [0.4, 0.5) is 0 Å². The Hall–Kier alpha value is -0.900. The molecule has 0 amide bonds. The molecule has 1 rings (SSSR count). The summed E-state index contributed by atoms with van der Waals surface area (Å²) < 4.78 is 5.39. The van der Waals surface area contributed by atoms with Crippen LogP contribution in [0, 0.1) is 0 Å². The minimum absolute atomic E-state index is 0.0363. The van der Waals surface area contributed by atoms with E-state index in [-0.39, 0.29) is 6.04 Å². The van der Waals surface area contributed by atoms with Crippen LogP contribution in [0.3, 0.4) is 0 Å². The summed E-state index contributed by atoms with van der Waals surface area (Å²) in [5.41, 5.74) is 12.2. The molecule has 14 heavy (non-hydrogen) atoms. The van der Waals surface area contributed by atoms with E-state index in [4.69, 9.17) is 16.2 Å². The van der Waals surface area contributed by atoms with E-state index >= 15 is 0 Å². The van der Waals surface area contributed by atoms with Crippen LogP contribution in [0.2, 0.25) is 0 Å². The van der Waals surface area contributed by atoms with Gasteiger partial charge in [0.2, 0.25) is 0 Å². The molecule has 0 aliphatic rings. The van der Waals surface area contributed by atoms with Gasteiger partial charge in [0, 0.05) is 12.6 Å². The molecule has 0 bridgehead atoms. The lowest BCUT2D eigenvalue weighted by atomic mass is 10.2. The fourth-order valence-corrected chi connectivity index (χ4v) is 1.14. The molecule has 0 radical (unpaired) electrons. The Labute approximate surface area is 85.0 Å². The molecule has 0 aliphatic heterocycles. The van der Waals surface area contributed by atoms with Gasteiger partial charge in [-0.1, -0.05) is 30.3 Å². The van der Waals surface area contributed by atoms with E-state index in [9.17, 15) is 0 Å². The predicted molar refractivity (Wildman–Crippen MR) is 58.0 cm³/mol. The first-order chi connectivity index (χ1) is 6.83. The number of rotatable bonds is 6. The Kier molecular flexibility index (Phi) is 5.22. The third kappa shape index (κ3) is 4.37. The van der Waals surface area contributed by atoms with Gasteiger partial charge in [0.1, 0.15) is 0 Å². The topological polar surface area (TPSA) is 61.3 Å². The summed E-state index contributed by atoms with van der Waals surface area (Å²) in [5.74, 6) is 0. The van der Waals surface area contributed by atoms with Gasteiger partial charge in [-0.3, -0.25) is 0 Å². The molecular weight excluding hydrogens is 176 g/mol. The second kappa shape index (κ2) is 6.54. The Morgan fingerprint density at radius 2 is 1.93 bits per heavy atom. The van der Waals surface area contributed by atoms with Gasteiger partial charge in [0.25, 0.3) is 0 Å². The van der Waals surface area contributed by atoms with Crippen LogP contribution in [0.25, 0.3) is 0 Å². The van der Waals surface area contributed by atoms with Crippen LogP contribution in [0.15, 0.2) is 30.3 Å². The minimum Gasteiger partial charge on any atom is -0.379 e. The second-order valence-corrected chi connectivity index (χ2v) is 3.31. The Balaban J connectivity index is 2.10. The summed E-state index contributed by atoms with van der Waals surface area (Å²) in [6, 6.07) is 10.2. The van der Waals surface area contributed by atoms with Crippen molar-refractivity contribution in [2.45, 2.75) is 12.5 Å². The molecule has 1 atom stereocenters. The maximum absolute atomic E-state index is 5.60. The van der Waals surface area contributed by atoms with Crippen molar-refractivity contribution in [1.82, 2.24) is 0 Å². The SMILES string of the molecule is NCC(N)COCCc1ccccc1. The second-order valence-electron chi connectivity index (χ2n) is 3.31. The number of benzene rings is 1. The van der Waals surface area contributed by atoms with Crippen LogP contribution >= 0.6 is 0 Å². The van der Waals surface area contributed by atoms with Gasteiger partial charge in [0.05, 0.1) is 13.2 Å². The highest BCUT2D eigenvalue weighted by Crippen LogP contribution is 1.99. The molecule has 4 N–H and O–H groups in total. The molecule has 1 unspecified atom stereocenters. The van der Waals surface area contributed by atoms with Crippen LogP contribution in [-0.2, 0) is 11.2 Å². The summed E-state index contributed by atoms with van der Waals surface area (Å²) in [6.07, 6.45) is 0.929. The predicted octanol–water partition coefficient (Wildman–Crippen LogP) is 0.532. The number of hydrogen-bond acceptors (Lipinski definition) is 3. The lowest BCUT2D eigenvalue weighted by Gasteiger charge is -2.09. The van der Waals surface area contributed by atoms with Crippen LogP contribution < -0.4 is 11.5 Å². The van der Waals surface area contributed by atoms with E-state index in [1.54, 1.807) is 0 Å². The van der Waals surface area contributed by atoms with Crippen molar-refractivity contribution in [3.8, 4) is 0 Å². The van der Waals surface area contributed by atoms with E-state index in [2.05, 4.69) is 12.1 Å². The van der Waals surface area contributed by atoms with Gasteiger partial charge < -0.3 is 16.2 Å². The summed E-state index contributed by atoms with van der Waals surface area (Å²) in [6.45, 7) is 1.73. The average Bonchev–Trinajstić information content (AvgIpc) is 2.25. The fraction of sp³-hybridized carbons (Fsp3) is 0.455. The van der Waals surface area contributed by atoms with Crippen molar-refractivity contribution < 1.29 is 4.74 Å². The highest BCUT2D eigenvalue weighted by Gasteiger charge is 1.98. The molecule has 0 saturated carbocycles. The monoisotopic (exact) mass is 194 g/mol. The van der Waals surface area contributed by atoms with Gasteiger partial charge in [-0.25, -0.2) is 0 Å². The van der Waals surface area contributed by atoms with Crippen LogP contribution in [0.5, 0.6) is 0 Å². The normalized spacial score (nSPS) is 12.7. The molecule has 3 nitrogen and oxygen atoms in total. The van der Waals surface area contributed by atoms with Crippen molar-refractivity contribution in [3.05, 3.63) is 35.9 Å². The van der Waals surface area contributed by atoms with E-state index in [1.807, 2.05) is 18.2 Å². The quantitative estimate of drug-likeness (QED) is 0.649. The van der Waals surface area contributed by atoms with Gasteiger partial charge in [-0.2, -0.15) is 0 Å². The Morgan fingerprint density at radius 1 is 1.21 bits per heavy atom. The molecule has 0 fully saturated rings. The lowest BCUT2D eigenvalue weighted by Crippen LogP contribution is -2.34. The standard InChI is InChI=1S/C11H18N2O/c12-8-11(13)9-14-7-6-10-4-2-1-3-5-10/h1-5,11H,6-9,12-13H2. The zero-order valence-electron chi connectivity index (χ0n) is 8.36. The summed E-state index contributed by atoms with van der Waals surface area (Å²) in [5, 5.41) is 0. The highest BCUT2D eigenvalue weighted by molar-refractivity contribution is 5.14. The van der Waals surface area contributed by atoms with E-state index in [1.165, 1.54) is 5.56 Å². The first kappa shape index (κ1) is 11.2. The van der Waals surface area contributed by atoms with Crippen molar-refractivity contribution in [1.29, 1.82) is 0 Å². The van der Waals surface area contributed by atoms with E-state index in [0.717, 1.165) is 6.42 Å². The Bertz CT molecular complexity index is 238. The molecular formula is C11H18N2O. The van der Waals surface area contributed by atoms with Gasteiger partial charge >= 0.3 is 0 Å². The molecule has 78 valence electrons. The van der Waals surface area contributed by atoms with Gasteiger partial charge in [0.15, 0.2) is 0 Å². The fourth-order valence-electron chi connectivity index (χ4n) is 1.14. The maximum atomic E-state index is 5.60. The molecule has 0 aliphatic carbocycles. The average molecular weight is 194 g/mol. The van der Waals surface area contributed by atoms with Crippen molar-refractivity contribution >= 4 is 0 Å². The van der Waals surface area contributed by atoms with Crippen LogP contribution in [-0.4, -0.2) is 25.8 Å². The number of hydrogen-bond donors (Lipinski definition) is 2. The molecule has 3 heteroatoms. The third-order valence-corrected chi connectivity index (χ3v) is 2.01. The van der Waals surface area contributed by atoms with Gasteiger partial charge in [-0.05, 0) is 12.0 Å². The summed E-state index contributed by atoms with van der Waals surface area (Å²) >= 11 is 0. The largest absolute Gasteiger partial charge is 0.379 e. The van der Waals surface area contributed by atoms with E-state index < -0.39 is 0 Å². The first-order valence-electron chi connectivity index (χ1n) is 4.90. The molecule has 0 saturated heterocycles. The summed E-state index contributed by atoms with van der Waals surface area (Å²) in [4.78, 5) is 0. The van der Waals surface area contributed by atoms with Crippen LogP contribution in [0.1, 0.15) is 5.56 Å². The lowest BCUT2D eigenvalue weighted by molar-refractivity contribution is 0.125. The number of nitrogens with two attached hydrogens (primary N) is 2. The third-order valence-electron chi connectivity index (χ3n) is 2.01. The minimum atomic E-state index is -0.0363. The number of ether oxygens (including phenoxy) is 1. The van der Waals surface area contributed by atoms with Crippen molar-refractivity contribution in [2.75, 3.05) is 19.8 Å². The van der Waals surface area contributed by atoms with Crippen molar-refractivity contribution in [3.63, 3.8) is 0 Å². The molecule has 0 heterocycles. The maximum Gasteiger partial charge on any atom is 0.0630 e. The van der Waals surface area contributed by atoms with Gasteiger partial charge in [-0.15, -0.1) is 0 Å². The molecule has 0 spiro atoms.